The molecule has 0 aliphatic rings. The van der Waals surface area contributed by atoms with Gasteiger partial charge in [-0.15, -0.1) is 0 Å². The molecule has 2 aromatic carbocycles. The van der Waals surface area contributed by atoms with Gasteiger partial charge in [0.15, 0.2) is 0 Å². The van der Waals surface area contributed by atoms with Crippen molar-refractivity contribution in [3.8, 4) is 0 Å². The van der Waals surface area contributed by atoms with Crippen molar-refractivity contribution in [3.05, 3.63) is 71.8 Å². The number of esters is 1. The van der Waals surface area contributed by atoms with Gasteiger partial charge < -0.3 is 15.8 Å². The minimum atomic E-state index is -0.411. The summed E-state index contributed by atoms with van der Waals surface area (Å²) in [5, 5.41) is 2.74. The molecule has 0 saturated heterocycles. The number of nitrogens with two attached hydrogens (primary N) is 1. The fourth-order valence-electron chi connectivity index (χ4n) is 2.30. The number of benzene rings is 2. The van der Waals surface area contributed by atoms with E-state index in [-0.39, 0.29) is 38.0 Å². The molecule has 0 aromatic heterocycles. The van der Waals surface area contributed by atoms with Gasteiger partial charge in [0.05, 0.1) is 12.3 Å². The maximum Gasteiger partial charge on any atom is 0.307 e. The zero-order valence-corrected chi connectivity index (χ0v) is 13.5. The van der Waals surface area contributed by atoms with Crippen LogP contribution in [0.5, 0.6) is 0 Å². The van der Waals surface area contributed by atoms with Gasteiger partial charge in [-0.1, -0.05) is 60.7 Å². The Balaban J connectivity index is 1.72. The first-order chi connectivity index (χ1) is 11.7. The van der Waals surface area contributed by atoms with E-state index in [1.807, 2.05) is 60.7 Å². The van der Waals surface area contributed by atoms with Crippen molar-refractivity contribution in [2.24, 2.45) is 5.73 Å². The van der Waals surface area contributed by atoms with E-state index in [4.69, 9.17) is 10.5 Å². The number of rotatable bonds is 8. The first-order valence-electron chi connectivity index (χ1n) is 7.93. The Kier molecular flexibility index (Phi) is 6.98. The van der Waals surface area contributed by atoms with Gasteiger partial charge in [0.1, 0.15) is 6.61 Å². The van der Waals surface area contributed by atoms with Gasteiger partial charge in [-0.2, -0.15) is 0 Å². The fourth-order valence-corrected chi connectivity index (χ4v) is 2.30. The molecule has 5 heteroatoms. The molecular weight excluding hydrogens is 304 g/mol. The largest absolute Gasteiger partial charge is 0.461 e. The van der Waals surface area contributed by atoms with Crippen molar-refractivity contribution in [2.45, 2.75) is 18.9 Å². The zero-order chi connectivity index (χ0) is 17.2. The standard InChI is InChI=1S/C19H22N2O3/c20-13-17(16-9-5-2-6-10-16)19(23)21-12-11-18(22)24-14-15-7-3-1-4-8-15/h1-10,17H,11-14,20H2,(H,21,23). The lowest BCUT2D eigenvalue weighted by atomic mass is 9.98. The lowest BCUT2D eigenvalue weighted by Crippen LogP contribution is -2.34. The minimum Gasteiger partial charge on any atom is -0.461 e. The lowest BCUT2D eigenvalue weighted by Gasteiger charge is -2.15. The number of carbonyl (C=O) groups is 2. The summed E-state index contributed by atoms with van der Waals surface area (Å²) in [5.41, 5.74) is 7.49. The van der Waals surface area contributed by atoms with Crippen molar-refractivity contribution in [3.63, 3.8) is 0 Å². The average molecular weight is 326 g/mol. The van der Waals surface area contributed by atoms with E-state index in [0.29, 0.717) is 0 Å². The second-order valence-corrected chi connectivity index (χ2v) is 5.39. The zero-order valence-electron chi connectivity index (χ0n) is 13.5. The van der Waals surface area contributed by atoms with Crippen LogP contribution in [0.2, 0.25) is 0 Å². The Hall–Kier alpha value is -2.66. The summed E-state index contributed by atoms with van der Waals surface area (Å²) in [6.45, 7) is 0.688. The summed E-state index contributed by atoms with van der Waals surface area (Å²) in [6, 6.07) is 18.8. The molecule has 24 heavy (non-hydrogen) atoms. The normalized spacial score (nSPS) is 11.5. The van der Waals surface area contributed by atoms with Gasteiger partial charge in [-0.3, -0.25) is 9.59 Å². The molecule has 0 spiro atoms. The van der Waals surface area contributed by atoms with Gasteiger partial charge in [0.25, 0.3) is 0 Å². The van der Waals surface area contributed by atoms with E-state index in [0.717, 1.165) is 11.1 Å². The molecule has 0 aliphatic carbocycles. The van der Waals surface area contributed by atoms with Crippen LogP contribution < -0.4 is 11.1 Å². The topological polar surface area (TPSA) is 81.4 Å². The molecule has 0 aliphatic heterocycles. The van der Waals surface area contributed by atoms with Crippen LogP contribution in [0.3, 0.4) is 0 Å². The summed E-state index contributed by atoms with van der Waals surface area (Å²) < 4.78 is 5.17. The van der Waals surface area contributed by atoms with Crippen LogP contribution in [0.25, 0.3) is 0 Å². The molecule has 3 N–H and O–H groups in total. The van der Waals surface area contributed by atoms with Crippen LogP contribution in [-0.4, -0.2) is 25.0 Å². The van der Waals surface area contributed by atoms with Crippen LogP contribution in [0.15, 0.2) is 60.7 Å². The number of nitrogens with one attached hydrogen (secondary N) is 1. The highest BCUT2D eigenvalue weighted by Gasteiger charge is 2.18. The molecular formula is C19H22N2O3. The Morgan fingerprint density at radius 2 is 1.62 bits per heavy atom. The second kappa shape index (κ2) is 9.47. The van der Waals surface area contributed by atoms with Gasteiger partial charge in [0.2, 0.25) is 5.91 Å². The predicted octanol–water partition coefficient (Wildman–Crippen LogP) is 1.98. The minimum absolute atomic E-state index is 0.130. The third-order valence-electron chi connectivity index (χ3n) is 3.63. The van der Waals surface area contributed by atoms with E-state index >= 15 is 0 Å². The molecule has 2 rings (SSSR count). The van der Waals surface area contributed by atoms with Crippen molar-refractivity contribution in [2.75, 3.05) is 13.1 Å². The average Bonchev–Trinajstić information content (AvgIpc) is 2.62. The number of hydrogen-bond acceptors (Lipinski definition) is 4. The SMILES string of the molecule is NCC(C(=O)NCCC(=O)OCc1ccccc1)c1ccccc1. The van der Waals surface area contributed by atoms with Gasteiger partial charge in [-0.05, 0) is 11.1 Å². The Labute approximate surface area is 141 Å². The van der Waals surface area contributed by atoms with Crippen LogP contribution in [-0.2, 0) is 20.9 Å². The number of hydrogen-bond donors (Lipinski definition) is 2. The number of ether oxygens (including phenoxy) is 1. The Morgan fingerprint density at radius 1 is 1.00 bits per heavy atom. The lowest BCUT2D eigenvalue weighted by molar-refractivity contribution is -0.144. The number of amides is 1. The van der Waals surface area contributed by atoms with Gasteiger partial charge in [-0.25, -0.2) is 0 Å². The van der Waals surface area contributed by atoms with Gasteiger partial charge in [0, 0.05) is 13.1 Å². The number of carbonyl (C=O) groups excluding carboxylic acids is 2. The maximum absolute atomic E-state index is 12.2. The predicted molar refractivity (Wildman–Crippen MR) is 92.1 cm³/mol. The molecule has 5 nitrogen and oxygen atoms in total. The molecule has 1 amide bonds. The first kappa shape index (κ1) is 17.7. The third kappa shape index (κ3) is 5.52. The van der Waals surface area contributed by atoms with E-state index in [1.54, 1.807) is 0 Å². The highest BCUT2D eigenvalue weighted by atomic mass is 16.5. The van der Waals surface area contributed by atoms with Crippen LogP contribution in [0, 0.1) is 0 Å². The fraction of sp³-hybridized carbons (Fsp3) is 0.263. The molecule has 0 fully saturated rings. The van der Waals surface area contributed by atoms with Gasteiger partial charge >= 0.3 is 5.97 Å². The summed E-state index contributed by atoms with van der Waals surface area (Å²) in [4.78, 5) is 23.9. The molecule has 1 unspecified atom stereocenters. The van der Waals surface area contributed by atoms with Crippen molar-refractivity contribution in [1.29, 1.82) is 0 Å². The highest BCUT2D eigenvalue weighted by Crippen LogP contribution is 2.14. The van der Waals surface area contributed by atoms with Crippen LogP contribution in [0.4, 0.5) is 0 Å². The van der Waals surface area contributed by atoms with E-state index in [9.17, 15) is 9.59 Å². The monoisotopic (exact) mass is 326 g/mol. The first-order valence-corrected chi connectivity index (χ1v) is 7.93. The Morgan fingerprint density at radius 3 is 2.25 bits per heavy atom. The second-order valence-electron chi connectivity index (χ2n) is 5.39. The summed E-state index contributed by atoms with van der Waals surface area (Å²) in [6.07, 6.45) is 0.130. The van der Waals surface area contributed by atoms with Crippen molar-refractivity contribution >= 4 is 11.9 Å². The molecule has 1 atom stereocenters. The molecule has 2 aromatic rings. The quantitative estimate of drug-likeness (QED) is 0.727. The third-order valence-corrected chi connectivity index (χ3v) is 3.63. The molecule has 0 radical (unpaired) electrons. The van der Waals surface area contributed by atoms with E-state index < -0.39 is 5.92 Å². The molecule has 0 heterocycles. The Bertz CT molecular complexity index is 644. The smallest absolute Gasteiger partial charge is 0.307 e. The molecule has 0 saturated carbocycles. The highest BCUT2D eigenvalue weighted by molar-refractivity contribution is 5.84. The summed E-state index contributed by atoms with van der Waals surface area (Å²) in [5.74, 6) is -0.936. The van der Waals surface area contributed by atoms with Crippen molar-refractivity contribution in [1.82, 2.24) is 5.32 Å². The molecule has 0 bridgehead atoms. The maximum atomic E-state index is 12.2. The summed E-state index contributed by atoms with van der Waals surface area (Å²) in [7, 11) is 0. The molecule has 126 valence electrons. The van der Waals surface area contributed by atoms with E-state index in [2.05, 4.69) is 5.32 Å². The van der Waals surface area contributed by atoms with E-state index in [1.165, 1.54) is 0 Å². The summed E-state index contributed by atoms with van der Waals surface area (Å²) >= 11 is 0. The van der Waals surface area contributed by atoms with Crippen LogP contribution >= 0.6 is 0 Å². The van der Waals surface area contributed by atoms with Crippen molar-refractivity contribution < 1.29 is 14.3 Å². The van der Waals surface area contributed by atoms with Crippen LogP contribution in [0.1, 0.15) is 23.5 Å².